The normalized spacial score (nSPS) is 15.7. The fraction of sp³-hybridized carbons (Fsp3) is 0.350. The number of rotatable bonds is 5. The summed E-state index contributed by atoms with van der Waals surface area (Å²) in [6.45, 7) is 9.99. The lowest BCUT2D eigenvalue weighted by Gasteiger charge is -2.25. The van der Waals surface area contributed by atoms with Gasteiger partial charge in [0.2, 0.25) is 0 Å². The molecular formula is C20H23N3O2. The van der Waals surface area contributed by atoms with E-state index in [4.69, 9.17) is 0 Å². The van der Waals surface area contributed by atoms with Gasteiger partial charge in [0.1, 0.15) is 5.56 Å². The minimum Gasteiger partial charge on any atom is -0.477 e. The number of hydrogen-bond acceptors (Lipinski definition) is 3. The molecule has 2 heterocycles. The highest BCUT2D eigenvalue weighted by atomic mass is 16.4. The Morgan fingerprint density at radius 2 is 1.92 bits per heavy atom. The van der Waals surface area contributed by atoms with E-state index in [1.54, 1.807) is 10.7 Å². The highest BCUT2D eigenvalue weighted by Crippen LogP contribution is 2.36. The van der Waals surface area contributed by atoms with Gasteiger partial charge in [-0.15, -0.1) is 0 Å². The van der Waals surface area contributed by atoms with Gasteiger partial charge < -0.3 is 5.11 Å². The van der Waals surface area contributed by atoms with Crippen LogP contribution >= 0.6 is 0 Å². The lowest BCUT2D eigenvalue weighted by molar-refractivity contribution is 0.0698. The Bertz CT molecular complexity index is 870. The molecular weight excluding hydrogens is 314 g/mol. The number of carbonyl (C=O) groups is 1. The molecule has 0 aromatic carbocycles. The lowest BCUT2D eigenvalue weighted by atomic mass is 9.84. The summed E-state index contributed by atoms with van der Waals surface area (Å²) in [5.41, 5.74) is 4.26. The molecule has 5 nitrogen and oxygen atoms in total. The molecule has 0 atom stereocenters. The molecule has 0 amide bonds. The van der Waals surface area contributed by atoms with Crippen LogP contribution in [-0.2, 0) is 0 Å². The lowest BCUT2D eigenvalue weighted by Crippen LogP contribution is -2.14. The van der Waals surface area contributed by atoms with Crippen LogP contribution in [0.4, 0.5) is 0 Å². The van der Waals surface area contributed by atoms with Gasteiger partial charge in [-0.2, -0.15) is 5.10 Å². The predicted molar refractivity (Wildman–Crippen MR) is 98.8 cm³/mol. The van der Waals surface area contributed by atoms with Crippen molar-refractivity contribution in [1.82, 2.24) is 14.6 Å². The molecule has 1 N–H and O–H groups in total. The molecule has 2 aromatic rings. The first-order chi connectivity index (χ1) is 12.0. The van der Waals surface area contributed by atoms with Gasteiger partial charge in [0.15, 0.2) is 5.65 Å². The molecule has 5 heteroatoms. The van der Waals surface area contributed by atoms with Crippen molar-refractivity contribution in [3.8, 4) is 0 Å². The zero-order chi connectivity index (χ0) is 18.0. The molecule has 0 radical (unpaired) electrons. The van der Waals surface area contributed by atoms with Gasteiger partial charge in [-0.3, -0.25) is 0 Å². The topological polar surface area (TPSA) is 67.5 Å². The van der Waals surface area contributed by atoms with Crippen LogP contribution in [0.25, 0.3) is 11.2 Å². The molecule has 1 aliphatic rings. The average Bonchev–Trinajstić information content (AvgIpc) is 3.03. The van der Waals surface area contributed by atoms with Crippen molar-refractivity contribution in [3.05, 3.63) is 60.1 Å². The first-order valence-electron chi connectivity index (χ1n) is 8.62. The summed E-state index contributed by atoms with van der Waals surface area (Å²) in [6, 6.07) is 0. The number of aromatic nitrogens is 3. The van der Waals surface area contributed by atoms with Crippen LogP contribution in [0.15, 0.2) is 43.3 Å². The molecule has 25 heavy (non-hydrogen) atoms. The van der Waals surface area contributed by atoms with Gasteiger partial charge in [-0.05, 0) is 25.3 Å². The summed E-state index contributed by atoms with van der Waals surface area (Å²) in [5.74, 6) is -0.670. The summed E-state index contributed by atoms with van der Waals surface area (Å²) < 4.78 is 1.70. The van der Waals surface area contributed by atoms with Crippen molar-refractivity contribution in [2.45, 2.75) is 44.9 Å². The maximum absolute atomic E-state index is 11.4. The van der Waals surface area contributed by atoms with Crippen molar-refractivity contribution >= 4 is 17.2 Å². The zero-order valence-electron chi connectivity index (χ0n) is 14.5. The molecule has 1 aliphatic carbocycles. The number of fused-ring (bicyclic) bond motifs is 1. The Labute approximate surface area is 147 Å². The molecule has 2 aromatic heterocycles. The monoisotopic (exact) mass is 337 g/mol. The van der Waals surface area contributed by atoms with Gasteiger partial charge >= 0.3 is 5.97 Å². The number of hydrogen-bond donors (Lipinski definition) is 1. The van der Waals surface area contributed by atoms with E-state index in [0.29, 0.717) is 11.6 Å². The fourth-order valence-corrected chi connectivity index (χ4v) is 3.45. The second-order valence-electron chi connectivity index (χ2n) is 6.70. The fourth-order valence-electron chi connectivity index (χ4n) is 3.45. The van der Waals surface area contributed by atoms with Gasteiger partial charge in [0.25, 0.3) is 0 Å². The van der Waals surface area contributed by atoms with Crippen molar-refractivity contribution in [3.63, 3.8) is 0 Å². The molecule has 0 spiro atoms. The van der Waals surface area contributed by atoms with E-state index >= 15 is 0 Å². The standard InChI is InChI=1S/C20H23N3O2/c1-13(2)9-10-14(3)16-11-21-19-17(20(24)25)12-22-23(19)18(16)15-7-5-4-6-8-15/h9-12,15H,1,3-8H2,2H3,(H,24,25)/b10-9-. The molecule has 0 unspecified atom stereocenters. The van der Waals surface area contributed by atoms with Crippen molar-refractivity contribution < 1.29 is 9.90 Å². The van der Waals surface area contributed by atoms with Crippen LogP contribution in [0.3, 0.4) is 0 Å². The van der Waals surface area contributed by atoms with Gasteiger partial charge in [0.05, 0.1) is 11.9 Å². The zero-order valence-corrected chi connectivity index (χ0v) is 14.5. The van der Waals surface area contributed by atoms with Crippen molar-refractivity contribution in [2.75, 3.05) is 0 Å². The Kier molecular flexibility index (Phi) is 4.83. The minimum atomic E-state index is -1.01. The minimum absolute atomic E-state index is 0.131. The summed E-state index contributed by atoms with van der Waals surface area (Å²) >= 11 is 0. The molecule has 0 aliphatic heterocycles. The summed E-state index contributed by atoms with van der Waals surface area (Å²) in [7, 11) is 0. The number of nitrogens with zero attached hydrogens (tertiary/aromatic N) is 3. The van der Waals surface area contributed by atoms with E-state index in [1.807, 2.05) is 19.1 Å². The largest absolute Gasteiger partial charge is 0.477 e. The third-order valence-corrected chi connectivity index (χ3v) is 4.70. The van der Waals surface area contributed by atoms with Crippen LogP contribution in [0.1, 0.15) is 66.6 Å². The first kappa shape index (κ1) is 17.1. The van der Waals surface area contributed by atoms with E-state index < -0.39 is 5.97 Å². The quantitative estimate of drug-likeness (QED) is 0.808. The Morgan fingerprint density at radius 1 is 1.20 bits per heavy atom. The number of carboxylic acid groups (broad SMARTS) is 1. The van der Waals surface area contributed by atoms with E-state index in [9.17, 15) is 9.90 Å². The van der Waals surface area contributed by atoms with Crippen LogP contribution in [-0.4, -0.2) is 25.7 Å². The summed E-state index contributed by atoms with van der Waals surface area (Å²) in [5, 5.41) is 13.7. The Hall–Kier alpha value is -2.69. The second-order valence-corrected chi connectivity index (χ2v) is 6.70. The van der Waals surface area contributed by atoms with E-state index in [1.165, 1.54) is 25.5 Å². The third-order valence-electron chi connectivity index (χ3n) is 4.70. The maximum Gasteiger partial charge on any atom is 0.341 e. The van der Waals surface area contributed by atoms with Crippen LogP contribution < -0.4 is 0 Å². The second kappa shape index (κ2) is 7.05. The van der Waals surface area contributed by atoms with Gasteiger partial charge in [0, 0.05) is 17.7 Å². The van der Waals surface area contributed by atoms with Crippen molar-refractivity contribution in [2.24, 2.45) is 0 Å². The molecule has 130 valence electrons. The molecule has 0 bridgehead atoms. The average molecular weight is 337 g/mol. The number of allylic oxidation sites excluding steroid dienone is 4. The van der Waals surface area contributed by atoms with Gasteiger partial charge in [-0.25, -0.2) is 14.3 Å². The van der Waals surface area contributed by atoms with Crippen LogP contribution in [0, 0.1) is 0 Å². The predicted octanol–water partition coefficient (Wildman–Crippen LogP) is 4.62. The highest BCUT2D eigenvalue weighted by molar-refractivity contribution is 5.94. The Morgan fingerprint density at radius 3 is 2.56 bits per heavy atom. The van der Waals surface area contributed by atoms with Crippen molar-refractivity contribution in [1.29, 1.82) is 0 Å². The van der Waals surface area contributed by atoms with E-state index in [-0.39, 0.29) is 5.56 Å². The highest BCUT2D eigenvalue weighted by Gasteiger charge is 2.25. The van der Waals surface area contributed by atoms with Crippen LogP contribution in [0.5, 0.6) is 0 Å². The molecule has 0 saturated heterocycles. The smallest absolute Gasteiger partial charge is 0.341 e. The van der Waals surface area contributed by atoms with E-state index in [2.05, 4.69) is 23.2 Å². The number of carboxylic acids is 1. The maximum atomic E-state index is 11.4. The molecule has 1 fully saturated rings. The SMILES string of the molecule is C=C(C)/C=C\C(=C)c1cnc2c(C(=O)O)cnn2c1C1CCCCC1. The summed E-state index contributed by atoms with van der Waals surface area (Å²) in [4.78, 5) is 15.8. The third kappa shape index (κ3) is 3.40. The first-order valence-corrected chi connectivity index (χ1v) is 8.62. The Balaban J connectivity index is 2.16. The van der Waals surface area contributed by atoms with E-state index in [0.717, 1.165) is 35.2 Å². The molecule has 1 saturated carbocycles. The van der Waals surface area contributed by atoms with Crippen LogP contribution in [0.2, 0.25) is 0 Å². The summed E-state index contributed by atoms with van der Waals surface area (Å²) in [6.07, 6.45) is 12.7. The number of aromatic carboxylic acids is 1. The van der Waals surface area contributed by atoms with Gasteiger partial charge in [-0.1, -0.05) is 50.1 Å². The molecule has 3 rings (SSSR count).